The van der Waals surface area contributed by atoms with Crippen LogP contribution in [0.3, 0.4) is 0 Å². The molecule has 1 aliphatic rings. The van der Waals surface area contributed by atoms with Gasteiger partial charge < -0.3 is 4.74 Å². The number of sulfonamides is 1. The number of alkyl halides is 1. The van der Waals surface area contributed by atoms with Gasteiger partial charge >= 0.3 is 5.97 Å². The van der Waals surface area contributed by atoms with Gasteiger partial charge in [-0.3, -0.25) is 0 Å². The number of halogens is 1. The van der Waals surface area contributed by atoms with E-state index in [4.69, 9.17) is 4.74 Å². The molecule has 0 aromatic heterocycles. The molecule has 0 saturated carbocycles. The molecule has 0 amide bonds. The molecule has 1 atom stereocenters. The lowest BCUT2D eigenvalue weighted by molar-refractivity contribution is 0.0459. The molecule has 1 heterocycles. The van der Waals surface area contributed by atoms with E-state index >= 15 is 0 Å². The molecule has 1 fully saturated rings. The SMILES string of the molecule is Cc1ccc(S(=O)(=O)N2CCC(CI)(CCOC(=O)c3ccccc3)C2)cc1. The summed E-state index contributed by atoms with van der Waals surface area (Å²) >= 11 is 2.31. The molecule has 0 aliphatic carbocycles. The van der Waals surface area contributed by atoms with E-state index in [9.17, 15) is 13.2 Å². The predicted molar refractivity (Wildman–Crippen MR) is 117 cm³/mol. The van der Waals surface area contributed by atoms with Crippen LogP contribution in [0.1, 0.15) is 28.8 Å². The first-order valence-corrected chi connectivity index (χ1v) is 12.2. The van der Waals surface area contributed by atoms with E-state index in [1.165, 1.54) is 0 Å². The molecule has 0 spiro atoms. The van der Waals surface area contributed by atoms with Crippen molar-refractivity contribution in [1.29, 1.82) is 0 Å². The standard InChI is InChI=1S/C21H24INO4S/c1-17-7-9-19(10-8-17)28(25,26)23-13-11-21(15-22,16-23)12-14-27-20(24)18-5-3-2-4-6-18/h2-10H,11-16H2,1H3. The Morgan fingerprint density at radius 1 is 1.14 bits per heavy atom. The summed E-state index contributed by atoms with van der Waals surface area (Å²) in [5.74, 6) is -0.341. The van der Waals surface area contributed by atoms with Crippen LogP contribution in [0.15, 0.2) is 59.5 Å². The third-order valence-electron chi connectivity index (χ3n) is 5.22. The van der Waals surface area contributed by atoms with Crippen molar-refractivity contribution in [3.05, 3.63) is 65.7 Å². The summed E-state index contributed by atoms with van der Waals surface area (Å²) in [6.45, 7) is 3.17. The van der Waals surface area contributed by atoms with Gasteiger partial charge in [-0.05, 0) is 49.4 Å². The van der Waals surface area contributed by atoms with Crippen LogP contribution in [0.5, 0.6) is 0 Å². The van der Waals surface area contributed by atoms with Crippen molar-refractivity contribution < 1.29 is 17.9 Å². The van der Waals surface area contributed by atoms with Gasteiger partial charge in [-0.2, -0.15) is 4.31 Å². The van der Waals surface area contributed by atoms with E-state index in [2.05, 4.69) is 22.6 Å². The first-order valence-electron chi connectivity index (χ1n) is 9.21. The Morgan fingerprint density at radius 2 is 1.82 bits per heavy atom. The lowest BCUT2D eigenvalue weighted by Gasteiger charge is -2.27. The van der Waals surface area contributed by atoms with Crippen LogP contribution in [0.25, 0.3) is 0 Å². The topological polar surface area (TPSA) is 63.7 Å². The first-order chi connectivity index (χ1) is 13.4. The first kappa shape index (κ1) is 21.3. The highest BCUT2D eigenvalue weighted by molar-refractivity contribution is 14.1. The lowest BCUT2D eigenvalue weighted by Crippen LogP contribution is -2.34. The van der Waals surface area contributed by atoms with Crippen molar-refractivity contribution in [2.75, 3.05) is 24.1 Å². The maximum atomic E-state index is 13.0. The Kier molecular flexibility index (Phi) is 6.77. The van der Waals surface area contributed by atoms with E-state index in [0.717, 1.165) is 16.4 Å². The molecule has 150 valence electrons. The second-order valence-corrected chi connectivity index (χ2v) is 9.99. The van der Waals surface area contributed by atoms with E-state index in [1.54, 1.807) is 40.7 Å². The summed E-state index contributed by atoms with van der Waals surface area (Å²) in [6.07, 6.45) is 1.42. The van der Waals surface area contributed by atoms with Crippen LogP contribution < -0.4 is 0 Å². The van der Waals surface area contributed by atoms with Crippen molar-refractivity contribution in [2.24, 2.45) is 5.41 Å². The summed E-state index contributed by atoms with van der Waals surface area (Å²) in [4.78, 5) is 12.4. The number of rotatable bonds is 7. The Bertz CT molecular complexity index is 915. The maximum absolute atomic E-state index is 13.0. The summed E-state index contributed by atoms with van der Waals surface area (Å²) in [6, 6.07) is 15.9. The summed E-state index contributed by atoms with van der Waals surface area (Å²) in [7, 11) is -3.50. The highest BCUT2D eigenvalue weighted by atomic mass is 127. The van der Waals surface area contributed by atoms with Gasteiger partial charge in [0.05, 0.1) is 17.1 Å². The minimum atomic E-state index is -3.50. The third-order valence-corrected chi connectivity index (χ3v) is 8.70. The van der Waals surface area contributed by atoms with Gasteiger partial charge in [-0.25, -0.2) is 13.2 Å². The minimum Gasteiger partial charge on any atom is -0.462 e. The Balaban J connectivity index is 1.62. The van der Waals surface area contributed by atoms with E-state index in [0.29, 0.717) is 30.0 Å². The molecule has 2 aromatic carbocycles. The average molecular weight is 513 g/mol. The number of ether oxygens (including phenoxy) is 1. The molecule has 7 heteroatoms. The van der Waals surface area contributed by atoms with Gasteiger partial charge in [0.1, 0.15) is 0 Å². The molecule has 1 saturated heterocycles. The molecular weight excluding hydrogens is 489 g/mol. The van der Waals surface area contributed by atoms with Gasteiger partial charge in [-0.1, -0.05) is 58.5 Å². The maximum Gasteiger partial charge on any atom is 0.338 e. The Hall–Kier alpha value is -1.45. The van der Waals surface area contributed by atoms with Crippen LogP contribution in [-0.2, 0) is 14.8 Å². The Labute approximate surface area is 180 Å². The second kappa shape index (κ2) is 8.92. The number of hydrogen-bond donors (Lipinski definition) is 0. The van der Waals surface area contributed by atoms with Crippen molar-refractivity contribution in [3.63, 3.8) is 0 Å². The number of esters is 1. The number of carbonyl (C=O) groups excluding carboxylic acids is 1. The number of nitrogens with zero attached hydrogens (tertiary/aromatic N) is 1. The third kappa shape index (κ3) is 4.75. The van der Waals surface area contributed by atoms with Crippen molar-refractivity contribution in [2.45, 2.75) is 24.7 Å². The fraction of sp³-hybridized carbons (Fsp3) is 0.381. The fourth-order valence-electron chi connectivity index (χ4n) is 3.36. The zero-order chi connectivity index (χ0) is 20.2. The van der Waals surface area contributed by atoms with Crippen molar-refractivity contribution in [1.82, 2.24) is 4.31 Å². The zero-order valence-corrected chi connectivity index (χ0v) is 18.8. The van der Waals surface area contributed by atoms with Gasteiger partial charge in [0, 0.05) is 17.5 Å². The highest BCUT2D eigenvalue weighted by Gasteiger charge is 2.42. The second-order valence-electron chi connectivity index (χ2n) is 7.29. The van der Waals surface area contributed by atoms with Gasteiger partial charge in [0.25, 0.3) is 0 Å². The molecule has 0 bridgehead atoms. The molecule has 1 aliphatic heterocycles. The minimum absolute atomic E-state index is 0.171. The zero-order valence-electron chi connectivity index (χ0n) is 15.8. The Morgan fingerprint density at radius 3 is 2.46 bits per heavy atom. The molecule has 0 N–H and O–H groups in total. The number of hydrogen-bond acceptors (Lipinski definition) is 4. The van der Waals surface area contributed by atoms with E-state index < -0.39 is 10.0 Å². The lowest BCUT2D eigenvalue weighted by atomic mass is 9.86. The molecule has 1 unspecified atom stereocenters. The van der Waals surface area contributed by atoms with Gasteiger partial charge in [0.2, 0.25) is 10.0 Å². The smallest absolute Gasteiger partial charge is 0.338 e. The monoisotopic (exact) mass is 513 g/mol. The molecule has 5 nitrogen and oxygen atoms in total. The van der Waals surface area contributed by atoms with E-state index in [1.807, 2.05) is 25.1 Å². The van der Waals surface area contributed by atoms with Crippen LogP contribution in [0.2, 0.25) is 0 Å². The number of benzene rings is 2. The number of carbonyl (C=O) groups is 1. The van der Waals surface area contributed by atoms with Crippen molar-refractivity contribution >= 4 is 38.6 Å². The molecule has 28 heavy (non-hydrogen) atoms. The predicted octanol–water partition coefficient (Wildman–Crippen LogP) is 4.06. The highest BCUT2D eigenvalue weighted by Crippen LogP contribution is 2.38. The van der Waals surface area contributed by atoms with E-state index in [-0.39, 0.29) is 18.0 Å². The normalized spacial score (nSPS) is 20.2. The summed E-state index contributed by atoms with van der Waals surface area (Å²) in [5, 5.41) is 0. The average Bonchev–Trinajstić information content (AvgIpc) is 3.15. The fourth-order valence-corrected chi connectivity index (χ4v) is 5.91. The quantitative estimate of drug-likeness (QED) is 0.318. The summed E-state index contributed by atoms with van der Waals surface area (Å²) in [5.41, 5.74) is 1.39. The van der Waals surface area contributed by atoms with Crippen LogP contribution in [0, 0.1) is 12.3 Å². The molecule has 0 radical (unpaired) electrons. The van der Waals surface area contributed by atoms with Crippen LogP contribution in [0.4, 0.5) is 0 Å². The summed E-state index contributed by atoms with van der Waals surface area (Å²) < 4.78 is 33.7. The van der Waals surface area contributed by atoms with Crippen LogP contribution in [-0.4, -0.2) is 42.8 Å². The van der Waals surface area contributed by atoms with Crippen molar-refractivity contribution in [3.8, 4) is 0 Å². The number of aryl methyl sites for hydroxylation is 1. The van der Waals surface area contributed by atoms with Crippen LogP contribution >= 0.6 is 22.6 Å². The molecule has 3 rings (SSSR count). The molecular formula is C21H24INO4S. The largest absolute Gasteiger partial charge is 0.462 e. The molecule has 2 aromatic rings. The van der Waals surface area contributed by atoms with Gasteiger partial charge in [0.15, 0.2) is 0 Å². The van der Waals surface area contributed by atoms with Gasteiger partial charge in [-0.15, -0.1) is 0 Å².